The molecule has 0 fully saturated rings. The molecule has 0 unspecified atom stereocenters. The van der Waals surface area contributed by atoms with Crippen LogP contribution in [0.3, 0.4) is 0 Å². The van der Waals surface area contributed by atoms with E-state index in [1.54, 1.807) is 12.1 Å². The van der Waals surface area contributed by atoms with Gasteiger partial charge in [0.1, 0.15) is 5.75 Å². The number of aliphatic hydroxyl groups excluding tert-OH is 1. The summed E-state index contributed by atoms with van der Waals surface area (Å²) in [6.45, 7) is 0.854. The fourth-order valence-corrected chi connectivity index (χ4v) is 1.40. The van der Waals surface area contributed by atoms with Crippen molar-refractivity contribution < 1.29 is 14.6 Å². The van der Waals surface area contributed by atoms with Crippen LogP contribution in [0.15, 0.2) is 24.3 Å². The van der Waals surface area contributed by atoms with Gasteiger partial charge in [-0.1, -0.05) is 23.7 Å². The van der Waals surface area contributed by atoms with Gasteiger partial charge in [-0.3, -0.25) is 4.79 Å². The normalized spacial score (nSPS) is 10.0. The minimum absolute atomic E-state index is 0.0798. The number of amides is 1. The van der Waals surface area contributed by atoms with E-state index >= 15 is 0 Å². The molecule has 1 aromatic rings. The largest absolute Gasteiger partial charge is 0.491 e. The third kappa shape index (κ3) is 5.56. The minimum atomic E-state index is -0.0921. The molecule has 0 aliphatic rings. The number of ether oxygens (including phenoxy) is 1. The summed E-state index contributed by atoms with van der Waals surface area (Å²) in [4.78, 5) is 11.3. The Morgan fingerprint density at radius 1 is 1.41 bits per heavy atom. The fraction of sp³-hybridized carbons (Fsp3) is 0.417. The van der Waals surface area contributed by atoms with E-state index in [2.05, 4.69) is 5.32 Å². The van der Waals surface area contributed by atoms with Crippen LogP contribution in [0.2, 0.25) is 5.02 Å². The first kappa shape index (κ1) is 13.8. The van der Waals surface area contributed by atoms with Crippen LogP contribution in [0.25, 0.3) is 0 Å². The molecule has 0 heterocycles. The average Bonchev–Trinajstić information content (AvgIpc) is 2.32. The highest BCUT2D eigenvalue weighted by molar-refractivity contribution is 6.32. The van der Waals surface area contributed by atoms with Gasteiger partial charge in [-0.25, -0.2) is 0 Å². The lowest BCUT2D eigenvalue weighted by atomic mass is 10.3. The summed E-state index contributed by atoms with van der Waals surface area (Å²) < 4.78 is 5.37. The summed E-state index contributed by atoms with van der Waals surface area (Å²) in [6, 6.07) is 7.13. The molecule has 94 valence electrons. The Hall–Kier alpha value is -1.26. The monoisotopic (exact) mass is 257 g/mol. The highest BCUT2D eigenvalue weighted by Crippen LogP contribution is 2.22. The van der Waals surface area contributed by atoms with Gasteiger partial charge in [-0.15, -0.1) is 0 Å². The minimum Gasteiger partial charge on any atom is -0.491 e. The van der Waals surface area contributed by atoms with E-state index in [1.807, 2.05) is 12.1 Å². The molecule has 0 radical (unpaired) electrons. The maximum atomic E-state index is 11.3. The molecule has 1 rings (SSSR count). The number of nitrogens with one attached hydrogen (secondary N) is 1. The van der Waals surface area contributed by atoms with Gasteiger partial charge in [-0.2, -0.15) is 0 Å². The van der Waals surface area contributed by atoms with Crippen LogP contribution in [-0.2, 0) is 4.79 Å². The lowest BCUT2D eigenvalue weighted by Gasteiger charge is -2.07. The van der Waals surface area contributed by atoms with E-state index in [0.717, 1.165) is 0 Å². The van der Waals surface area contributed by atoms with E-state index in [0.29, 0.717) is 23.7 Å². The molecule has 2 N–H and O–H groups in total. The first-order chi connectivity index (χ1) is 8.24. The lowest BCUT2D eigenvalue weighted by Crippen LogP contribution is -2.26. The van der Waals surface area contributed by atoms with Crippen LogP contribution < -0.4 is 10.1 Å². The molecule has 1 aromatic carbocycles. The Balaban J connectivity index is 2.19. The van der Waals surface area contributed by atoms with Crippen molar-refractivity contribution in [1.82, 2.24) is 5.32 Å². The van der Waals surface area contributed by atoms with Crippen LogP contribution in [0.1, 0.15) is 12.8 Å². The molecule has 4 nitrogen and oxygen atoms in total. The van der Waals surface area contributed by atoms with E-state index in [1.165, 1.54) is 0 Å². The third-order valence-electron chi connectivity index (χ3n) is 2.08. The van der Waals surface area contributed by atoms with Crippen molar-refractivity contribution >= 4 is 17.5 Å². The van der Waals surface area contributed by atoms with Gasteiger partial charge in [0, 0.05) is 13.2 Å². The fourth-order valence-electron chi connectivity index (χ4n) is 1.21. The molecule has 0 aliphatic carbocycles. The van der Waals surface area contributed by atoms with Gasteiger partial charge in [0.05, 0.1) is 18.1 Å². The molecule has 0 atom stereocenters. The Morgan fingerprint density at radius 2 is 2.18 bits per heavy atom. The second kappa shape index (κ2) is 7.92. The van der Waals surface area contributed by atoms with Gasteiger partial charge in [0.2, 0.25) is 5.91 Å². The summed E-state index contributed by atoms with van der Waals surface area (Å²) in [5.74, 6) is 0.489. The predicted octanol–water partition coefficient (Wildman–Crippen LogP) is 1.61. The summed E-state index contributed by atoms with van der Waals surface area (Å²) >= 11 is 5.89. The molecule has 0 spiro atoms. The third-order valence-corrected chi connectivity index (χ3v) is 2.39. The number of aliphatic hydroxyl groups is 1. The SMILES string of the molecule is O=C(CCOc1ccccc1Cl)NCCCO. The molecule has 0 saturated carbocycles. The average molecular weight is 258 g/mol. The second-order valence-electron chi connectivity index (χ2n) is 3.46. The van der Waals surface area contributed by atoms with Crippen molar-refractivity contribution in [2.45, 2.75) is 12.8 Å². The van der Waals surface area contributed by atoms with Gasteiger partial charge < -0.3 is 15.2 Å². The lowest BCUT2D eigenvalue weighted by molar-refractivity contribution is -0.121. The summed E-state index contributed by atoms with van der Waals surface area (Å²) in [6.07, 6.45) is 0.841. The molecular formula is C12H16ClNO3. The molecular weight excluding hydrogens is 242 g/mol. The van der Waals surface area contributed by atoms with E-state index < -0.39 is 0 Å². The Kier molecular flexibility index (Phi) is 6.43. The molecule has 5 heteroatoms. The van der Waals surface area contributed by atoms with E-state index in [9.17, 15) is 4.79 Å². The Morgan fingerprint density at radius 3 is 2.88 bits per heavy atom. The Bertz CT molecular complexity index is 357. The zero-order chi connectivity index (χ0) is 12.5. The zero-order valence-electron chi connectivity index (χ0n) is 9.49. The molecule has 0 aromatic heterocycles. The van der Waals surface area contributed by atoms with E-state index in [4.69, 9.17) is 21.4 Å². The van der Waals surface area contributed by atoms with Crippen LogP contribution in [0.5, 0.6) is 5.75 Å². The quantitative estimate of drug-likeness (QED) is 0.730. The summed E-state index contributed by atoms with van der Waals surface area (Å²) in [5, 5.41) is 11.8. The van der Waals surface area contributed by atoms with Crippen molar-refractivity contribution in [2.24, 2.45) is 0 Å². The van der Waals surface area contributed by atoms with Gasteiger partial charge in [0.25, 0.3) is 0 Å². The van der Waals surface area contributed by atoms with Crippen LogP contribution >= 0.6 is 11.6 Å². The van der Waals surface area contributed by atoms with Crippen molar-refractivity contribution in [3.63, 3.8) is 0 Å². The number of carbonyl (C=O) groups excluding carboxylic acids is 1. The predicted molar refractivity (Wildman–Crippen MR) is 66.3 cm³/mol. The van der Waals surface area contributed by atoms with Crippen LogP contribution in [0.4, 0.5) is 0 Å². The van der Waals surface area contributed by atoms with Crippen molar-refractivity contribution in [2.75, 3.05) is 19.8 Å². The van der Waals surface area contributed by atoms with Gasteiger partial charge >= 0.3 is 0 Å². The molecule has 0 aliphatic heterocycles. The molecule has 17 heavy (non-hydrogen) atoms. The number of rotatable bonds is 7. The maximum Gasteiger partial charge on any atom is 0.223 e. The van der Waals surface area contributed by atoms with Crippen LogP contribution in [-0.4, -0.2) is 30.8 Å². The molecule has 0 bridgehead atoms. The summed E-state index contributed by atoms with van der Waals surface area (Å²) in [5.41, 5.74) is 0. The first-order valence-electron chi connectivity index (χ1n) is 5.49. The number of carbonyl (C=O) groups is 1. The first-order valence-corrected chi connectivity index (χ1v) is 5.86. The van der Waals surface area contributed by atoms with E-state index in [-0.39, 0.29) is 25.5 Å². The highest BCUT2D eigenvalue weighted by Gasteiger charge is 2.03. The number of para-hydroxylation sites is 1. The topological polar surface area (TPSA) is 58.6 Å². The molecule has 1 amide bonds. The van der Waals surface area contributed by atoms with Gasteiger partial charge in [0.15, 0.2) is 0 Å². The second-order valence-corrected chi connectivity index (χ2v) is 3.86. The van der Waals surface area contributed by atoms with Gasteiger partial charge in [-0.05, 0) is 18.6 Å². The zero-order valence-corrected chi connectivity index (χ0v) is 10.2. The van der Waals surface area contributed by atoms with Crippen LogP contribution in [0, 0.1) is 0 Å². The number of benzene rings is 1. The maximum absolute atomic E-state index is 11.3. The highest BCUT2D eigenvalue weighted by atomic mass is 35.5. The number of halogens is 1. The standard InChI is InChI=1S/C12H16ClNO3/c13-10-4-1-2-5-11(10)17-9-6-12(16)14-7-3-8-15/h1-2,4-5,15H,3,6-9H2,(H,14,16). The molecule has 0 saturated heterocycles. The van der Waals surface area contributed by atoms with Crippen molar-refractivity contribution in [3.05, 3.63) is 29.3 Å². The smallest absolute Gasteiger partial charge is 0.223 e. The van der Waals surface area contributed by atoms with Crippen molar-refractivity contribution in [3.8, 4) is 5.75 Å². The Labute approximate surface area is 106 Å². The van der Waals surface area contributed by atoms with Crippen molar-refractivity contribution in [1.29, 1.82) is 0 Å². The summed E-state index contributed by atoms with van der Waals surface area (Å²) in [7, 11) is 0. The number of hydrogen-bond donors (Lipinski definition) is 2. The number of hydrogen-bond acceptors (Lipinski definition) is 3.